The van der Waals surface area contributed by atoms with E-state index < -0.39 is 19.7 Å². The van der Waals surface area contributed by atoms with Crippen LogP contribution in [-0.2, 0) is 19.7 Å². The van der Waals surface area contributed by atoms with Crippen molar-refractivity contribution in [2.45, 2.75) is 12.8 Å². The van der Waals surface area contributed by atoms with Crippen molar-refractivity contribution in [1.82, 2.24) is 5.32 Å². The lowest BCUT2D eigenvalue weighted by Crippen LogP contribution is -2.62. The zero-order chi connectivity index (χ0) is 13.0. The van der Waals surface area contributed by atoms with Gasteiger partial charge in [-0.25, -0.2) is 16.8 Å². The van der Waals surface area contributed by atoms with Gasteiger partial charge in [-0.15, -0.1) is 0 Å². The number of sulfone groups is 2. The largest absolute Gasteiger partial charge is 0.315 e. The molecule has 0 radical (unpaired) electrons. The van der Waals surface area contributed by atoms with Gasteiger partial charge in [-0.3, -0.25) is 0 Å². The van der Waals surface area contributed by atoms with Crippen molar-refractivity contribution in [3.63, 3.8) is 0 Å². The normalized spacial score (nSPS) is 40.4. The molecule has 18 heavy (non-hydrogen) atoms. The number of hydrogen-bond acceptors (Lipinski definition) is 5. The molecule has 2 atom stereocenters. The summed E-state index contributed by atoms with van der Waals surface area (Å²) in [7, 11) is -5.78. The molecule has 7 heteroatoms. The summed E-state index contributed by atoms with van der Waals surface area (Å²) >= 11 is 0. The van der Waals surface area contributed by atoms with Crippen LogP contribution < -0.4 is 5.32 Å². The molecular formula is C11H19NO4S2. The third-order valence-corrected chi connectivity index (χ3v) is 8.54. The van der Waals surface area contributed by atoms with Crippen LogP contribution in [0.15, 0.2) is 0 Å². The van der Waals surface area contributed by atoms with E-state index in [0.717, 1.165) is 13.1 Å². The van der Waals surface area contributed by atoms with E-state index in [-0.39, 0.29) is 40.3 Å². The van der Waals surface area contributed by atoms with Crippen LogP contribution in [0, 0.1) is 17.3 Å². The Labute approximate surface area is 108 Å². The molecule has 3 aliphatic heterocycles. The topological polar surface area (TPSA) is 80.3 Å². The summed E-state index contributed by atoms with van der Waals surface area (Å²) in [6, 6.07) is 0. The number of rotatable bonds is 2. The van der Waals surface area contributed by atoms with Crippen LogP contribution >= 0.6 is 0 Å². The van der Waals surface area contributed by atoms with Crippen molar-refractivity contribution >= 4 is 19.7 Å². The molecule has 2 unspecified atom stereocenters. The van der Waals surface area contributed by atoms with Gasteiger partial charge in [0.15, 0.2) is 19.7 Å². The molecule has 0 bridgehead atoms. The van der Waals surface area contributed by atoms with Crippen molar-refractivity contribution in [2.75, 3.05) is 36.1 Å². The molecule has 0 aliphatic carbocycles. The van der Waals surface area contributed by atoms with Crippen LogP contribution in [0.25, 0.3) is 0 Å². The van der Waals surface area contributed by atoms with Gasteiger partial charge in [0.25, 0.3) is 0 Å². The quantitative estimate of drug-likeness (QED) is 0.738. The van der Waals surface area contributed by atoms with Gasteiger partial charge in [-0.2, -0.15) is 0 Å². The van der Waals surface area contributed by atoms with E-state index >= 15 is 0 Å². The van der Waals surface area contributed by atoms with Crippen LogP contribution in [-0.4, -0.2) is 52.9 Å². The first-order chi connectivity index (χ1) is 8.33. The fourth-order valence-electron chi connectivity index (χ4n) is 3.82. The van der Waals surface area contributed by atoms with Crippen LogP contribution in [0.1, 0.15) is 12.8 Å². The molecule has 0 aromatic rings. The maximum Gasteiger partial charge on any atom is 0.150 e. The predicted molar refractivity (Wildman–Crippen MR) is 68.8 cm³/mol. The Kier molecular flexibility index (Phi) is 2.81. The lowest BCUT2D eigenvalue weighted by Gasteiger charge is -2.51. The average molecular weight is 293 g/mol. The van der Waals surface area contributed by atoms with E-state index in [2.05, 4.69) is 5.32 Å². The van der Waals surface area contributed by atoms with E-state index in [9.17, 15) is 16.8 Å². The van der Waals surface area contributed by atoms with Gasteiger partial charge in [0.2, 0.25) is 0 Å². The van der Waals surface area contributed by atoms with Crippen molar-refractivity contribution in [3.05, 3.63) is 0 Å². The molecule has 0 aromatic carbocycles. The molecule has 0 spiro atoms. The van der Waals surface area contributed by atoms with E-state index in [1.165, 1.54) is 0 Å². The number of hydrogen-bond donors (Lipinski definition) is 1. The fraction of sp³-hybridized carbons (Fsp3) is 1.00. The summed E-state index contributed by atoms with van der Waals surface area (Å²) in [6.07, 6.45) is 1.42. The first kappa shape index (κ1) is 12.9. The maximum atomic E-state index is 11.6. The molecule has 3 heterocycles. The highest BCUT2D eigenvalue weighted by molar-refractivity contribution is 7.91. The second kappa shape index (κ2) is 3.93. The number of nitrogens with one attached hydrogen (secondary N) is 1. The van der Waals surface area contributed by atoms with Gasteiger partial charge in [0, 0.05) is 18.5 Å². The molecule has 0 aromatic heterocycles. The Morgan fingerprint density at radius 2 is 1.28 bits per heavy atom. The molecular weight excluding hydrogens is 274 g/mol. The minimum atomic E-state index is -2.89. The molecule has 104 valence electrons. The highest BCUT2D eigenvalue weighted by atomic mass is 32.2. The lowest BCUT2D eigenvalue weighted by atomic mass is 9.62. The average Bonchev–Trinajstić information content (AvgIpc) is 2.69. The molecule has 3 fully saturated rings. The molecule has 0 amide bonds. The van der Waals surface area contributed by atoms with Gasteiger partial charge in [-0.1, -0.05) is 0 Å². The van der Waals surface area contributed by atoms with Crippen molar-refractivity contribution in [3.8, 4) is 0 Å². The van der Waals surface area contributed by atoms with Crippen molar-refractivity contribution in [2.24, 2.45) is 17.3 Å². The summed E-state index contributed by atoms with van der Waals surface area (Å²) in [5.74, 6) is 1.37. The zero-order valence-corrected chi connectivity index (χ0v) is 11.9. The van der Waals surface area contributed by atoms with Crippen LogP contribution in [0.5, 0.6) is 0 Å². The van der Waals surface area contributed by atoms with Gasteiger partial charge in [-0.05, 0) is 24.7 Å². The second-order valence-electron chi connectivity index (χ2n) is 6.04. The molecule has 3 aliphatic rings. The maximum absolute atomic E-state index is 11.6. The minimum Gasteiger partial charge on any atom is -0.315 e. The SMILES string of the molecule is O=S1(=O)CCC(C2(C3CCS(=O)(=O)C3)CNC2)C1. The summed E-state index contributed by atoms with van der Waals surface area (Å²) in [5.41, 5.74) is -0.0762. The standard InChI is InChI=1S/C11H19NO4S2/c13-17(14)3-1-9(5-17)11(7-12-8-11)10-2-4-18(15,16)6-10/h9-10,12H,1-8H2. The Morgan fingerprint density at radius 3 is 1.50 bits per heavy atom. The molecule has 1 N–H and O–H groups in total. The zero-order valence-electron chi connectivity index (χ0n) is 10.3. The van der Waals surface area contributed by atoms with Crippen molar-refractivity contribution < 1.29 is 16.8 Å². The summed E-state index contributed by atoms with van der Waals surface area (Å²) in [5, 5.41) is 3.22. The Balaban J connectivity index is 1.83. The first-order valence-electron chi connectivity index (χ1n) is 6.45. The van der Waals surface area contributed by atoms with E-state index in [4.69, 9.17) is 0 Å². The Morgan fingerprint density at radius 1 is 0.833 bits per heavy atom. The van der Waals surface area contributed by atoms with Gasteiger partial charge < -0.3 is 5.32 Å². The van der Waals surface area contributed by atoms with Crippen molar-refractivity contribution in [1.29, 1.82) is 0 Å². The summed E-state index contributed by atoms with van der Waals surface area (Å²) in [6.45, 7) is 1.57. The van der Waals surface area contributed by atoms with E-state index in [1.54, 1.807) is 0 Å². The fourth-order valence-corrected chi connectivity index (χ4v) is 7.67. The first-order valence-corrected chi connectivity index (χ1v) is 10.1. The second-order valence-corrected chi connectivity index (χ2v) is 10.5. The Hall–Kier alpha value is -0.140. The van der Waals surface area contributed by atoms with E-state index in [0.29, 0.717) is 12.8 Å². The van der Waals surface area contributed by atoms with Gasteiger partial charge >= 0.3 is 0 Å². The van der Waals surface area contributed by atoms with Crippen LogP contribution in [0.3, 0.4) is 0 Å². The third kappa shape index (κ3) is 2.00. The minimum absolute atomic E-state index is 0.0762. The molecule has 3 saturated heterocycles. The van der Waals surface area contributed by atoms with Crippen LogP contribution in [0.2, 0.25) is 0 Å². The summed E-state index contributed by atoms with van der Waals surface area (Å²) < 4.78 is 46.5. The highest BCUT2D eigenvalue weighted by Gasteiger charge is 2.55. The molecule has 5 nitrogen and oxygen atoms in total. The van der Waals surface area contributed by atoms with Gasteiger partial charge in [0.1, 0.15) is 0 Å². The monoisotopic (exact) mass is 293 g/mol. The van der Waals surface area contributed by atoms with Crippen LogP contribution in [0.4, 0.5) is 0 Å². The summed E-state index contributed by atoms with van der Waals surface area (Å²) in [4.78, 5) is 0. The Bertz CT molecular complexity index is 502. The highest BCUT2D eigenvalue weighted by Crippen LogP contribution is 2.48. The lowest BCUT2D eigenvalue weighted by molar-refractivity contribution is 0.0309. The third-order valence-electron chi connectivity index (χ3n) is 5.00. The van der Waals surface area contributed by atoms with Gasteiger partial charge in [0.05, 0.1) is 23.0 Å². The predicted octanol–water partition coefficient (Wildman–Crippen LogP) is -0.555. The smallest absolute Gasteiger partial charge is 0.150 e. The van der Waals surface area contributed by atoms with E-state index in [1.807, 2.05) is 0 Å². The molecule has 0 saturated carbocycles. The molecule has 3 rings (SSSR count).